The molecule has 0 aromatic carbocycles. The van der Waals surface area contributed by atoms with E-state index in [0.29, 0.717) is 6.42 Å². The summed E-state index contributed by atoms with van der Waals surface area (Å²) in [5, 5.41) is -0.234. The third-order valence-electron chi connectivity index (χ3n) is 3.41. The van der Waals surface area contributed by atoms with E-state index in [4.69, 9.17) is 0 Å². The van der Waals surface area contributed by atoms with Crippen LogP contribution in [0, 0.1) is 0 Å². The van der Waals surface area contributed by atoms with E-state index in [9.17, 15) is 13.2 Å². The second-order valence-electron chi connectivity index (χ2n) is 5.13. The van der Waals surface area contributed by atoms with E-state index in [1.807, 2.05) is 13.8 Å². The first-order chi connectivity index (χ1) is 6.84. The van der Waals surface area contributed by atoms with Crippen LogP contribution in [-0.2, 0) is 14.8 Å². The van der Waals surface area contributed by atoms with Crippen LogP contribution >= 0.6 is 0 Å². The minimum Gasteiger partial charge on any atom is -0.298 e. The highest BCUT2D eigenvalue weighted by molar-refractivity contribution is 7.89. The van der Waals surface area contributed by atoms with E-state index in [-0.39, 0.29) is 17.6 Å². The van der Waals surface area contributed by atoms with Gasteiger partial charge in [-0.3, -0.25) is 4.79 Å². The molecule has 2 rings (SSSR count). The molecule has 1 saturated carbocycles. The predicted molar refractivity (Wildman–Crippen MR) is 57.0 cm³/mol. The lowest BCUT2D eigenvalue weighted by molar-refractivity contribution is -0.116. The molecule has 0 radical (unpaired) electrons. The maximum Gasteiger partial charge on any atom is 0.217 e. The molecule has 1 aliphatic heterocycles. The molecule has 2 aliphatic rings. The molecule has 0 unspecified atom stereocenters. The average molecular weight is 231 g/mol. The second-order valence-corrected chi connectivity index (χ2v) is 7.27. The van der Waals surface area contributed by atoms with Gasteiger partial charge >= 0.3 is 0 Å². The zero-order valence-corrected chi connectivity index (χ0v) is 10.0. The fourth-order valence-corrected chi connectivity index (χ4v) is 4.65. The van der Waals surface area contributed by atoms with E-state index in [0.717, 1.165) is 19.3 Å². The van der Waals surface area contributed by atoms with Crippen LogP contribution in [0.1, 0.15) is 39.5 Å². The van der Waals surface area contributed by atoms with E-state index >= 15 is 0 Å². The smallest absolute Gasteiger partial charge is 0.217 e. The summed E-state index contributed by atoms with van der Waals surface area (Å²) in [5.74, 6) is 0.0305. The molecular formula is C10H17NO3S. The van der Waals surface area contributed by atoms with Gasteiger partial charge in [-0.1, -0.05) is 6.42 Å². The van der Waals surface area contributed by atoms with Crippen molar-refractivity contribution in [3.05, 3.63) is 0 Å². The predicted octanol–water partition coefficient (Wildman–Crippen LogP) is 0.922. The van der Waals surface area contributed by atoms with Crippen molar-refractivity contribution in [3.8, 4) is 0 Å². The third kappa shape index (κ3) is 1.72. The Morgan fingerprint density at radius 2 is 1.93 bits per heavy atom. The largest absolute Gasteiger partial charge is 0.298 e. The van der Waals surface area contributed by atoms with Crippen LogP contribution in [-0.4, -0.2) is 35.8 Å². The molecule has 0 N–H and O–H groups in total. The van der Waals surface area contributed by atoms with Crippen molar-refractivity contribution in [1.82, 2.24) is 4.31 Å². The van der Waals surface area contributed by atoms with Crippen molar-refractivity contribution in [2.45, 2.75) is 50.3 Å². The van der Waals surface area contributed by atoms with Crippen LogP contribution in [0.5, 0.6) is 0 Å². The third-order valence-corrected chi connectivity index (χ3v) is 5.96. The summed E-state index contributed by atoms with van der Waals surface area (Å²) < 4.78 is 25.7. The molecule has 15 heavy (non-hydrogen) atoms. The van der Waals surface area contributed by atoms with Crippen LogP contribution in [0.15, 0.2) is 0 Å². The number of carbonyl (C=O) groups is 1. The van der Waals surface area contributed by atoms with Crippen molar-refractivity contribution >= 4 is 15.8 Å². The van der Waals surface area contributed by atoms with Gasteiger partial charge in [-0.25, -0.2) is 8.42 Å². The highest BCUT2D eigenvalue weighted by atomic mass is 32.2. The Bertz CT molecular complexity index is 381. The first kappa shape index (κ1) is 11.1. The molecule has 0 bridgehead atoms. The molecule has 0 amide bonds. The number of hydrogen-bond acceptors (Lipinski definition) is 3. The maximum atomic E-state index is 12.1. The Labute approximate surface area is 90.7 Å². The summed E-state index contributed by atoms with van der Waals surface area (Å²) in [6.45, 7) is 3.73. The van der Waals surface area contributed by atoms with E-state index in [1.54, 1.807) is 0 Å². The van der Waals surface area contributed by atoms with Gasteiger partial charge in [0, 0.05) is 12.0 Å². The van der Waals surface area contributed by atoms with Gasteiger partial charge in [0.25, 0.3) is 0 Å². The molecule has 5 heteroatoms. The summed E-state index contributed by atoms with van der Waals surface area (Å²) >= 11 is 0. The lowest BCUT2D eigenvalue weighted by atomic mass is 10.00. The number of rotatable bonds is 2. The highest BCUT2D eigenvalue weighted by Crippen LogP contribution is 2.36. The summed E-state index contributed by atoms with van der Waals surface area (Å²) in [5.41, 5.74) is -0.522. The number of sulfonamides is 1. The van der Waals surface area contributed by atoms with Gasteiger partial charge < -0.3 is 0 Å². The van der Waals surface area contributed by atoms with Crippen molar-refractivity contribution < 1.29 is 13.2 Å². The van der Waals surface area contributed by atoms with Crippen LogP contribution in [0.25, 0.3) is 0 Å². The monoisotopic (exact) mass is 231 g/mol. The summed E-state index contributed by atoms with van der Waals surface area (Å²) in [6, 6.07) is 0. The molecular weight excluding hydrogens is 214 g/mol. The number of hydrogen-bond donors (Lipinski definition) is 0. The van der Waals surface area contributed by atoms with Gasteiger partial charge in [-0.05, 0) is 26.7 Å². The maximum absolute atomic E-state index is 12.1. The minimum absolute atomic E-state index is 0.0305. The van der Waals surface area contributed by atoms with Gasteiger partial charge in [0.2, 0.25) is 10.0 Å². The first-order valence-electron chi connectivity index (χ1n) is 5.37. The SMILES string of the molecule is CC1(C)CC(=O)CN1S(=O)(=O)C1CCC1. The summed E-state index contributed by atoms with van der Waals surface area (Å²) in [6.07, 6.45) is 2.84. The molecule has 1 aliphatic carbocycles. The number of Topliss-reactive ketones (excluding diaryl/α,β-unsaturated/α-hetero) is 1. The van der Waals surface area contributed by atoms with Gasteiger partial charge in [-0.15, -0.1) is 0 Å². The van der Waals surface area contributed by atoms with Crippen LogP contribution in [0.4, 0.5) is 0 Å². The fourth-order valence-electron chi connectivity index (χ4n) is 2.28. The Hall–Kier alpha value is -0.420. The van der Waals surface area contributed by atoms with Crippen LogP contribution in [0.2, 0.25) is 0 Å². The molecule has 2 fully saturated rings. The quantitative estimate of drug-likeness (QED) is 0.710. The average Bonchev–Trinajstić information content (AvgIpc) is 2.19. The molecule has 1 saturated heterocycles. The van der Waals surface area contributed by atoms with Crippen LogP contribution in [0.3, 0.4) is 0 Å². The molecule has 0 spiro atoms. The molecule has 0 aromatic heterocycles. The Kier molecular flexibility index (Phi) is 2.43. The number of ketones is 1. The Morgan fingerprint density at radius 1 is 1.33 bits per heavy atom. The van der Waals surface area contributed by atoms with Crippen molar-refractivity contribution in [1.29, 1.82) is 0 Å². The zero-order valence-electron chi connectivity index (χ0n) is 9.19. The van der Waals surface area contributed by atoms with Gasteiger partial charge in [0.15, 0.2) is 0 Å². The topological polar surface area (TPSA) is 54.5 Å². The Morgan fingerprint density at radius 3 is 2.27 bits per heavy atom. The van der Waals surface area contributed by atoms with Gasteiger partial charge in [0.1, 0.15) is 5.78 Å². The molecule has 0 atom stereocenters. The second kappa shape index (κ2) is 3.28. The number of nitrogens with zero attached hydrogens (tertiary/aromatic N) is 1. The van der Waals surface area contributed by atoms with Gasteiger partial charge in [-0.2, -0.15) is 4.31 Å². The number of carbonyl (C=O) groups excluding carboxylic acids is 1. The van der Waals surface area contributed by atoms with Crippen molar-refractivity contribution in [3.63, 3.8) is 0 Å². The summed E-state index contributed by atoms with van der Waals surface area (Å²) in [7, 11) is -3.23. The zero-order chi connectivity index (χ0) is 11.3. The standard InChI is InChI=1S/C10H17NO3S/c1-10(2)6-8(12)7-11(10)15(13,14)9-4-3-5-9/h9H,3-7H2,1-2H3. The Balaban J connectivity index is 2.26. The normalized spacial score (nSPS) is 28.0. The molecule has 0 aromatic rings. The summed E-state index contributed by atoms with van der Waals surface area (Å²) in [4.78, 5) is 11.3. The van der Waals surface area contributed by atoms with Crippen molar-refractivity contribution in [2.75, 3.05) is 6.54 Å². The van der Waals surface area contributed by atoms with E-state index < -0.39 is 15.6 Å². The van der Waals surface area contributed by atoms with Gasteiger partial charge in [0.05, 0.1) is 11.8 Å². The lowest BCUT2D eigenvalue weighted by Crippen LogP contribution is -2.48. The van der Waals surface area contributed by atoms with E-state index in [1.165, 1.54) is 4.31 Å². The lowest BCUT2D eigenvalue weighted by Gasteiger charge is -2.36. The van der Waals surface area contributed by atoms with Crippen LogP contribution < -0.4 is 0 Å². The fraction of sp³-hybridized carbons (Fsp3) is 0.900. The minimum atomic E-state index is -3.23. The van der Waals surface area contributed by atoms with Crippen molar-refractivity contribution in [2.24, 2.45) is 0 Å². The highest BCUT2D eigenvalue weighted by Gasteiger charge is 2.48. The molecule has 86 valence electrons. The molecule has 1 heterocycles. The molecule has 4 nitrogen and oxygen atoms in total. The first-order valence-corrected chi connectivity index (χ1v) is 6.88. The van der Waals surface area contributed by atoms with E-state index in [2.05, 4.69) is 0 Å².